The molecule has 1 aliphatic carbocycles. The number of carbonyl (C=O) groups is 2. The lowest BCUT2D eigenvalue weighted by molar-refractivity contribution is -0.162. The van der Waals surface area contributed by atoms with E-state index < -0.39 is 0 Å². The molecular formula is C44H64O8. The highest BCUT2D eigenvalue weighted by molar-refractivity contribution is 5.89. The molecule has 1 aliphatic heterocycles. The highest BCUT2D eigenvalue weighted by Crippen LogP contribution is 2.35. The van der Waals surface area contributed by atoms with Crippen molar-refractivity contribution in [2.45, 2.75) is 147 Å². The van der Waals surface area contributed by atoms with Crippen molar-refractivity contribution < 1.29 is 38.0 Å². The third-order valence-corrected chi connectivity index (χ3v) is 10.1. The standard InChI is InChI=1S/C44H64O8/c1-2-42(45)49-33-15-9-7-5-3-4-6-8-13-31-48-40-27-23-38(24-28-40)44(46)52-41-29-21-37(22-30-41)36-19-25-39(26-20-36)47-32-14-10-11-16-34-50-43-18-12-17-35-51-43/h2,19-20,23-28,37,41,43H,1,3-18,21-22,29-35H2. The van der Waals surface area contributed by atoms with Crippen LogP contribution in [0.5, 0.6) is 11.5 Å². The molecule has 2 aromatic rings. The number of benzene rings is 2. The highest BCUT2D eigenvalue weighted by atomic mass is 16.7. The van der Waals surface area contributed by atoms with Gasteiger partial charge in [0.05, 0.1) is 25.4 Å². The Morgan fingerprint density at radius 3 is 1.73 bits per heavy atom. The van der Waals surface area contributed by atoms with Gasteiger partial charge in [-0.1, -0.05) is 70.1 Å². The molecule has 1 saturated carbocycles. The number of esters is 2. The van der Waals surface area contributed by atoms with Gasteiger partial charge in [-0.25, -0.2) is 9.59 Å². The number of rotatable bonds is 26. The van der Waals surface area contributed by atoms with Gasteiger partial charge in [-0.2, -0.15) is 0 Å². The van der Waals surface area contributed by atoms with E-state index in [1.54, 1.807) is 12.1 Å². The van der Waals surface area contributed by atoms with Crippen molar-refractivity contribution in [1.29, 1.82) is 0 Å². The molecule has 8 nitrogen and oxygen atoms in total. The zero-order valence-corrected chi connectivity index (χ0v) is 31.6. The van der Waals surface area contributed by atoms with Gasteiger partial charge in [0, 0.05) is 19.3 Å². The highest BCUT2D eigenvalue weighted by Gasteiger charge is 2.25. The third kappa shape index (κ3) is 17.0. The van der Waals surface area contributed by atoms with E-state index in [0.717, 1.165) is 121 Å². The first-order valence-electron chi connectivity index (χ1n) is 20.3. The summed E-state index contributed by atoms with van der Waals surface area (Å²) in [4.78, 5) is 23.9. The fourth-order valence-electron chi connectivity index (χ4n) is 6.93. The zero-order chi connectivity index (χ0) is 36.5. The summed E-state index contributed by atoms with van der Waals surface area (Å²) < 4.78 is 34.2. The van der Waals surface area contributed by atoms with Crippen LogP contribution in [0.25, 0.3) is 0 Å². The molecule has 2 aliphatic rings. The average molecular weight is 721 g/mol. The Bertz CT molecular complexity index is 1250. The van der Waals surface area contributed by atoms with Crippen LogP contribution in [0.1, 0.15) is 150 Å². The molecule has 0 amide bonds. The Balaban J connectivity index is 0.978. The molecule has 0 bridgehead atoms. The van der Waals surface area contributed by atoms with Crippen LogP contribution >= 0.6 is 0 Å². The molecule has 1 saturated heterocycles. The molecule has 0 aromatic heterocycles. The smallest absolute Gasteiger partial charge is 0.338 e. The van der Waals surface area contributed by atoms with Crippen molar-refractivity contribution in [1.82, 2.24) is 0 Å². The van der Waals surface area contributed by atoms with E-state index in [1.807, 2.05) is 12.1 Å². The van der Waals surface area contributed by atoms with E-state index in [0.29, 0.717) is 24.7 Å². The molecule has 0 radical (unpaired) electrons. The second-order valence-corrected chi connectivity index (χ2v) is 14.3. The molecule has 2 fully saturated rings. The van der Waals surface area contributed by atoms with Crippen molar-refractivity contribution in [2.24, 2.45) is 0 Å². The average Bonchev–Trinajstić information content (AvgIpc) is 3.18. The molecule has 0 spiro atoms. The molecule has 1 heterocycles. The lowest BCUT2D eigenvalue weighted by Gasteiger charge is -2.28. The van der Waals surface area contributed by atoms with Crippen LogP contribution in [-0.2, 0) is 23.7 Å². The van der Waals surface area contributed by atoms with Crippen LogP contribution in [0.3, 0.4) is 0 Å². The van der Waals surface area contributed by atoms with E-state index in [2.05, 4.69) is 30.8 Å². The quantitative estimate of drug-likeness (QED) is 0.0539. The molecule has 4 rings (SSSR count). The van der Waals surface area contributed by atoms with Gasteiger partial charge in [-0.3, -0.25) is 0 Å². The van der Waals surface area contributed by atoms with E-state index in [-0.39, 0.29) is 24.3 Å². The summed E-state index contributed by atoms with van der Waals surface area (Å²) in [6.07, 6.45) is 23.1. The maximum absolute atomic E-state index is 12.8. The molecular weight excluding hydrogens is 656 g/mol. The van der Waals surface area contributed by atoms with Gasteiger partial charge in [0.2, 0.25) is 0 Å². The Morgan fingerprint density at radius 2 is 1.17 bits per heavy atom. The molecule has 8 heteroatoms. The number of hydrogen-bond acceptors (Lipinski definition) is 8. The molecule has 288 valence electrons. The van der Waals surface area contributed by atoms with Crippen molar-refractivity contribution in [2.75, 3.05) is 33.0 Å². The number of hydrogen-bond donors (Lipinski definition) is 0. The minimum Gasteiger partial charge on any atom is -0.494 e. The van der Waals surface area contributed by atoms with E-state index in [4.69, 9.17) is 28.4 Å². The van der Waals surface area contributed by atoms with E-state index >= 15 is 0 Å². The summed E-state index contributed by atoms with van der Waals surface area (Å²) in [5.41, 5.74) is 1.91. The van der Waals surface area contributed by atoms with Crippen LogP contribution in [0, 0.1) is 0 Å². The number of ether oxygens (including phenoxy) is 6. The van der Waals surface area contributed by atoms with Gasteiger partial charge in [0.25, 0.3) is 0 Å². The van der Waals surface area contributed by atoms with E-state index in [1.165, 1.54) is 50.2 Å². The summed E-state index contributed by atoms with van der Waals surface area (Å²) >= 11 is 0. The number of unbranched alkanes of at least 4 members (excludes halogenated alkanes) is 11. The maximum atomic E-state index is 12.8. The monoisotopic (exact) mass is 720 g/mol. The van der Waals surface area contributed by atoms with Gasteiger partial charge in [0.1, 0.15) is 17.6 Å². The molecule has 0 N–H and O–H groups in total. The third-order valence-electron chi connectivity index (χ3n) is 10.1. The van der Waals surface area contributed by atoms with Gasteiger partial charge in [0.15, 0.2) is 6.29 Å². The Kier molecular flexibility index (Phi) is 20.4. The summed E-state index contributed by atoms with van der Waals surface area (Å²) in [5, 5.41) is 0. The molecule has 2 aromatic carbocycles. The van der Waals surface area contributed by atoms with Crippen LogP contribution < -0.4 is 9.47 Å². The fourth-order valence-corrected chi connectivity index (χ4v) is 6.93. The van der Waals surface area contributed by atoms with Crippen molar-refractivity contribution in [3.8, 4) is 11.5 Å². The van der Waals surface area contributed by atoms with Crippen LogP contribution in [0.4, 0.5) is 0 Å². The van der Waals surface area contributed by atoms with Gasteiger partial charge < -0.3 is 28.4 Å². The molecule has 52 heavy (non-hydrogen) atoms. The minimum absolute atomic E-state index is 0.0172. The second kappa shape index (κ2) is 25.6. The van der Waals surface area contributed by atoms with Crippen LogP contribution in [0.15, 0.2) is 61.2 Å². The lowest BCUT2D eigenvalue weighted by Crippen LogP contribution is -2.24. The predicted octanol–water partition coefficient (Wildman–Crippen LogP) is 10.7. The van der Waals surface area contributed by atoms with Crippen molar-refractivity contribution >= 4 is 11.9 Å². The lowest BCUT2D eigenvalue weighted by atomic mass is 9.83. The topological polar surface area (TPSA) is 89.5 Å². The van der Waals surface area contributed by atoms with Crippen LogP contribution in [0.2, 0.25) is 0 Å². The summed E-state index contributed by atoms with van der Waals surface area (Å²) in [6.45, 7) is 6.93. The first-order chi connectivity index (χ1) is 25.6. The second-order valence-electron chi connectivity index (χ2n) is 14.3. The SMILES string of the molecule is C=CC(=O)OCCCCCCCCCCCOc1ccc(C(=O)OC2CCC(c3ccc(OCCCCCCOC4CCCCO4)cc3)CC2)cc1. The summed E-state index contributed by atoms with van der Waals surface area (Å²) in [7, 11) is 0. The summed E-state index contributed by atoms with van der Waals surface area (Å²) in [6, 6.07) is 15.9. The van der Waals surface area contributed by atoms with Crippen molar-refractivity contribution in [3.63, 3.8) is 0 Å². The van der Waals surface area contributed by atoms with E-state index in [9.17, 15) is 9.59 Å². The largest absolute Gasteiger partial charge is 0.494 e. The van der Waals surface area contributed by atoms with Gasteiger partial charge in [-0.15, -0.1) is 0 Å². The van der Waals surface area contributed by atoms with Crippen LogP contribution in [-0.4, -0.2) is 57.4 Å². The van der Waals surface area contributed by atoms with Gasteiger partial charge in [-0.05, 0) is 125 Å². The zero-order valence-electron chi connectivity index (χ0n) is 31.6. The first-order valence-corrected chi connectivity index (χ1v) is 20.3. The first kappa shape index (κ1) is 41.4. The predicted molar refractivity (Wildman–Crippen MR) is 205 cm³/mol. The normalized spacial score (nSPS) is 18.7. The Morgan fingerprint density at radius 1 is 0.635 bits per heavy atom. The molecule has 1 unspecified atom stereocenters. The van der Waals surface area contributed by atoms with Gasteiger partial charge >= 0.3 is 11.9 Å². The maximum Gasteiger partial charge on any atom is 0.338 e. The van der Waals surface area contributed by atoms with Crippen molar-refractivity contribution in [3.05, 3.63) is 72.3 Å². The Hall–Kier alpha value is -3.36. The fraction of sp³-hybridized carbons (Fsp3) is 0.636. The number of carbonyl (C=O) groups excluding carboxylic acids is 2. The minimum atomic E-state index is -0.338. The summed E-state index contributed by atoms with van der Waals surface area (Å²) in [5.74, 6) is 1.61. The molecule has 1 atom stereocenters. The Labute approximate surface area is 312 Å².